The van der Waals surface area contributed by atoms with Crippen LogP contribution in [-0.2, 0) is 25.3 Å². The molecule has 3 aromatic carbocycles. The highest BCUT2D eigenvalue weighted by Crippen LogP contribution is 2.41. The van der Waals surface area contributed by atoms with E-state index >= 15 is 0 Å². The van der Waals surface area contributed by atoms with Crippen LogP contribution in [0.4, 0.5) is 4.79 Å². The van der Waals surface area contributed by atoms with E-state index in [-0.39, 0.29) is 55.9 Å². The van der Waals surface area contributed by atoms with Crippen molar-refractivity contribution in [3.05, 3.63) is 94.0 Å². The van der Waals surface area contributed by atoms with Crippen molar-refractivity contribution in [3.63, 3.8) is 0 Å². The number of amides is 1. The van der Waals surface area contributed by atoms with Gasteiger partial charge < -0.3 is 28.3 Å². The topological polar surface area (TPSA) is 83.5 Å². The number of esters is 1. The van der Waals surface area contributed by atoms with Gasteiger partial charge in [0.15, 0.2) is 14.1 Å². The Morgan fingerprint density at radius 1 is 0.875 bits per heavy atom. The minimum atomic E-state index is -2.14. The zero-order chi connectivity index (χ0) is 34.9. The van der Waals surface area contributed by atoms with Crippen molar-refractivity contribution in [2.75, 3.05) is 33.0 Å². The molecule has 11 heteroatoms. The smallest absolute Gasteiger partial charge is 0.410 e. The maximum absolute atomic E-state index is 13.6. The number of carbonyl (C=O) groups excluding carboxylic acids is 2. The van der Waals surface area contributed by atoms with Gasteiger partial charge in [0.1, 0.15) is 25.6 Å². The number of rotatable bonds is 13. The molecule has 0 radical (unpaired) electrons. The van der Waals surface area contributed by atoms with Gasteiger partial charge in [-0.25, -0.2) is 4.79 Å². The van der Waals surface area contributed by atoms with Crippen LogP contribution in [0.3, 0.4) is 0 Å². The van der Waals surface area contributed by atoms with Crippen molar-refractivity contribution in [3.8, 4) is 11.5 Å². The van der Waals surface area contributed by atoms with Crippen LogP contribution in [-0.4, -0.2) is 64.3 Å². The summed E-state index contributed by atoms with van der Waals surface area (Å²) in [6, 6.07) is 22.1. The second-order valence-corrected chi connectivity index (χ2v) is 19.1. The van der Waals surface area contributed by atoms with Gasteiger partial charge in [-0.05, 0) is 66.9 Å². The summed E-state index contributed by atoms with van der Waals surface area (Å²) in [5.41, 5.74) is 1.84. The molecule has 1 saturated heterocycles. The molecule has 48 heavy (non-hydrogen) atoms. The Kier molecular flexibility index (Phi) is 13.2. The van der Waals surface area contributed by atoms with Crippen molar-refractivity contribution in [2.45, 2.75) is 70.8 Å². The lowest BCUT2D eigenvalue weighted by molar-refractivity contribution is -0.151. The number of nitrogens with zero attached hydrogens (tertiary/aromatic N) is 1. The molecule has 1 amide bonds. The van der Waals surface area contributed by atoms with Crippen LogP contribution < -0.4 is 9.47 Å². The molecule has 0 aromatic heterocycles. The van der Waals surface area contributed by atoms with Crippen LogP contribution in [0.25, 0.3) is 0 Å². The van der Waals surface area contributed by atoms with Gasteiger partial charge in [-0.15, -0.1) is 0 Å². The lowest BCUT2D eigenvalue weighted by atomic mass is 9.77. The Morgan fingerprint density at radius 2 is 1.52 bits per heavy atom. The van der Waals surface area contributed by atoms with E-state index in [1.165, 1.54) is 0 Å². The predicted molar refractivity (Wildman–Crippen MR) is 192 cm³/mol. The predicted octanol–water partition coefficient (Wildman–Crippen LogP) is 9.15. The summed E-state index contributed by atoms with van der Waals surface area (Å²) in [4.78, 5) is 28.7. The second kappa shape index (κ2) is 16.9. The van der Waals surface area contributed by atoms with Crippen molar-refractivity contribution < 1.29 is 33.0 Å². The van der Waals surface area contributed by atoms with Gasteiger partial charge >= 0.3 is 12.1 Å². The van der Waals surface area contributed by atoms with Crippen LogP contribution in [0.1, 0.15) is 51.2 Å². The number of piperidine rings is 1. The molecule has 4 rings (SSSR count). The Morgan fingerprint density at radius 3 is 2.15 bits per heavy atom. The van der Waals surface area contributed by atoms with E-state index in [0.717, 1.165) is 11.1 Å². The Balaban J connectivity index is 1.51. The maximum Gasteiger partial charge on any atom is 0.410 e. The van der Waals surface area contributed by atoms with Crippen LogP contribution in [0, 0.1) is 5.92 Å². The largest absolute Gasteiger partial charge is 0.490 e. The first-order valence-corrected chi connectivity index (χ1v) is 20.0. The van der Waals surface area contributed by atoms with Gasteiger partial charge in [-0.3, -0.25) is 4.79 Å². The van der Waals surface area contributed by atoms with E-state index in [9.17, 15) is 9.59 Å². The Hall–Kier alpha value is -3.24. The fourth-order valence-corrected chi connectivity index (χ4v) is 6.92. The first kappa shape index (κ1) is 37.6. The molecule has 0 spiro atoms. The summed E-state index contributed by atoms with van der Waals surface area (Å²) in [5.74, 6) is -0.0658. The molecule has 1 heterocycles. The van der Waals surface area contributed by atoms with Gasteiger partial charge in [0.2, 0.25) is 0 Å². The van der Waals surface area contributed by atoms with E-state index in [1.807, 2.05) is 54.6 Å². The van der Waals surface area contributed by atoms with E-state index in [4.69, 9.17) is 46.6 Å². The van der Waals surface area contributed by atoms with Crippen molar-refractivity contribution in [1.29, 1.82) is 0 Å². The number of para-hydroxylation sites is 1. The third-order valence-corrected chi connectivity index (χ3v) is 14.2. The molecule has 3 unspecified atom stereocenters. The van der Waals surface area contributed by atoms with Crippen molar-refractivity contribution in [1.82, 2.24) is 4.90 Å². The van der Waals surface area contributed by atoms with Gasteiger partial charge in [0.25, 0.3) is 0 Å². The summed E-state index contributed by atoms with van der Waals surface area (Å²) in [6.45, 7) is 14.2. The minimum Gasteiger partial charge on any atom is -0.490 e. The molecule has 3 atom stereocenters. The van der Waals surface area contributed by atoms with Crippen LogP contribution in [0.5, 0.6) is 11.5 Å². The second-order valence-electron chi connectivity index (χ2n) is 13.4. The Bertz CT molecular complexity index is 1480. The normalized spacial score (nSPS) is 18.2. The molecule has 1 aliphatic heterocycles. The fourth-order valence-electron chi connectivity index (χ4n) is 5.37. The number of likely N-dealkylation sites (tertiary alicyclic amines) is 1. The van der Waals surface area contributed by atoms with Gasteiger partial charge in [-0.2, -0.15) is 0 Å². The fraction of sp³-hybridized carbons (Fsp3) is 0.459. The number of hydrogen-bond donors (Lipinski definition) is 0. The van der Waals surface area contributed by atoms with Crippen LogP contribution in [0.15, 0.2) is 72.8 Å². The molecule has 260 valence electrons. The van der Waals surface area contributed by atoms with Crippen molar-refractivity contribution >= 4 is 43.6 Å². The highest BCUT2D eigenvalue weighted by molar-refractivity contribution is 6.74. The third-order valence-electron chi connectivity index (χ3n) is 9.14. The summed E-state index contributed by atoms with van der Waals surface area (Å²) >= 11 is 12.4. The average molecular weight is 717 g/mol. The molecule has 1 fully saturated rings. The number of carbonyl (C=O) groups is 2. The Labute approximate surface area is 295 Å². The van der Waals surface area contributed by atoms with E-state index < -0.39 is 20.3 Å². The molecule has 1 aliphatic rings. The minimum absolute atomic E-state index is 0.00628. The summed E-state index contributed by atoms with van der Waals surface area (Å²) in [6.07, 6.45) is 0.0324. The lowest BCUT2D eigenvalue weighted by Crippen LogP contribution is -2.55. The SMILES string of the molecule is CCOC(=O)C1CN(C(=O)OCc2ccccc2)C(CO[Si](C)(C)C(C)(C)C)CC1c1ccc(OCCOc2c(Cl)cccc2Cl)cc1. The monoisotopic (exact) mass is 715 g/mol. The molecule has 3 aromatic rings. The standard InChI is InChI=1S/C37H47Cl2NO7Si/c1-7-43-35(41)31-23-40(36(42)46-24-26-12-9-8-10-13-26)28(25-47-48(5,6)37(2,3)4)22-30(31)27-16-18-29(19-17-27)44-20-21-45-34-32(38)14-11-15-33(34)39/h8-19,28,30-31H,7,20-25H2,1-6H3. The average Bonchev–Trinajstić information content (AvgIpc) is 3.05. The van der Waals surface area contributed by atoms with Gasteiger partial charge in [-0.1, -0.05) is 92.5 Å². The molecular formula is C37H47Cl2NO7Si. The van der Waals surface area contributed by atoms with E-state index in [0.29, 0.717) is 34.6 Å². The van der Waals surface area contributed by atoms with Crippen LogP contribution in [0.2, 0.25) is 28.2 Å². The molecule has 0 saturated carbocycles. The molecule has 0 aliphatic carbocycles. The quantitative estimate of drug-likeness (QED) is 0.0992. The number of benzene rings is 3. The summed E-state index contributed by atoms with van der Waals surface area (Å²) in [7, 11) is -2.14. The number of hydrogen-bond acceptors (Lipinski definition) is 7. The first-order valence-electron chi connectivity index (χ1n) is 16.4. The van der Waals surface area contributed by atoms with E-state index in [1.54, 1.807) is 30.0 Å². The zero-order valence-corrected chi connectivity index (χ0v) is 31.2. The highest BCUT2D eigenvalue weighted by atomic mass is 35.5. The van der Waals surface area contributed by atoms with Gasteiger partial charge in [0, 0.05) is 12.5 Å². The zero-order valence-electron chi connectivity index (χ0n) is 28.7. The lowest BCUT2D eigenvalue weighted by Gasteiger charge is -2.44. The number of ether oxygens (including phenoxy) is 4. The third kappa shape index (κ3) is 9.90. The molecule has 8 nitrogen and oxygen atoms in total. The first-order chi connectivity index (χ1) is 22.8. The molecular weight excluding hydrogens is 669 g/mol. The van der Waals surface area contributed by atoms with Crippen LogP contribution >= 0.6 is 23.2 Å². The number of halogens is 2. The summed E-state index contributed by atoms with van der Waals surface area (Å²) in [5, 5.41) is 0.867. The van der Waals surface area contributed by atoms with Gasteiger partial charge in [0.05, 0.1) is 35.2 Å². The molecule has 0 N–H and O–H groups in total. The summed E-state index contributed by atoms with van der Waals surface area (Å²) < 4.78 is 29.6. The van der Waals surface area contributed by atoms with Crippen molar-refractivity contribution in [2.24, 2.45) is 5.92 Å². The maximum atomic E-state index is 13.6. The highest BCUT2D eigenvalue weighted by Gasteiger charge is 2.45. The van der Waals surface area contributed by atoms with E-state index in [2.05, 4.69) is 33.9 Å². The molecule has 0 bridgehead atoms.